The Balaban J connectivity index is 1.92. The SMILES string of the molecule is CCCNCc1sc(N2CCN(CC)CC2)nc1C. The summed E-state index contributed by atoms with van der Waals surface area (Å²) in [4.78, 5) is 11.1. The van der Waals surface area contributed by atoms with Crippen LogP contribution in [-0.2, 0) is 6.54 Å². The molecule has 4 nitrogen and oxygen atoms in total. The summed E-state index contributed by atoms with van der Waals surface area (Å²) in [6.07, 6.45) is 1.18. The molecule has 0 radical (unpaired) electrons. The minimum absolute atomic E-state index is 0.965. The maximum atomic E-state index is 4.75. The summed E-state index contributed by atoms with van der Waals surface area (Å²) in [5, 5.41) is 4.68. The normalized spacial score (nSPS) is 17.1. The van der Waals surface area contributed by atoms with Crippen LogP contribution in [-0.4, -0.2) is 49.2 Å². The van der Waals surface area contributed by atoms with E-state index in [4.69, 9.17) is 4.98 Å². The fourth-order valence-corrected chi connectivity index (χ4v) is 3.43. The van der Waals surface area contributed by atoms with Gasteiger partial charge in [0.05, 0.1) is 5.69 Å². The Kier molecular flexibility index (Phi) is 5.60. The van der Waals surface area contributed by atoms with Gasteiger partial charge in [-0.15, -0.1) is 11.3 Å². The minimum atomic E-state index is 0.965. The van der Waals surface area contributed by atoms with Crippen molar-refractivity contribution in [2.45, 2.75) is 33.7 Å². The third kappa shape index (κ3) is 3.91. The second-order valence-corrected chi connectivity index (χ2v) is 6.17. The molecule has 1 aromatic rings. The van der Waals surface area contributed by atoms with Crippen LogP contribution < -0.4 is 10.2 Å². The highest BCUT2D eigenvalue weighted by atomic mass is 32.1. The lowest BCUT2D eigenvalue weighted by atomic mass is 10.3. The number of nitrogens with zero attached hydrogens (tertiary/aromatic N) is 3. The van der Waals surface area contributed by atoms with Crippen molar-refractivity contribution in [3.8, 4) is 0 Å². The van der Waals surface area contributed by atoms with Gasteiger partial charge in [0.15, 0.2) is 5.13 Å². The van der Waals surface area contributed by atoms with Gasteiger partial charge in [0.1, 0.15) is 0 Å². The zero-order valence-corrected chi connectivity index (χ0v) is 13.2. The van der Waals surface area contributed by atoms with Crippen LogP contribution >= 0.6 is 11.3 Å². The van der Waals surface area contributed by atoms with Gasteiger partial charge in [-0.05, 0) is 26.4 Å². The summed E-state index contributed by atoms with van der Waals surface area (Å²) < 4.78 is 0. The third-order valence-electron chi connectivity index (χ3n) is 3.68. The van der Waals surface area contributed by atoms with E-state index in [0.29, 0.717) is 0 Å². The topological polar surface area (TPSA) is 31.4 Å². The molecule has 1 N–H and O–H groups in total. The lowest BCUT2D eigenvalue weighted by molar-refractivity contribution is 0.271. The van der Waals surface area contributed by atoms with Crippen molar-refractivity contribution in [1.82, 2.24) is 15.2 Å². The largest absolute Gasteiger partial charge is 0.346 e. The van der Waals surface area contributed by atoms with E-state index in [0.717, 1.165) is 32.7 Å². The minimum Gasteiger partial charge on any atom is -0.346 e. The van der Waals surface area contributed by atoms with Crippen LogP contribution in [0.15, 0.2) is 0 Å². The van der Waals surface area contributed by atoms with Crippen molar-refractivity contribution in [2.75, 3.05) is 44.2 Å². The zero-order chi connectivity index (χ0) is 13.7. The van der Waals surface area contributed by atoms with E-state index >= 15 is 0 Å². The highest BCUT2D eigenvalue weighted by molar-refractivity contribution is 7.15. The van der Waals surface area contributed by atoms with Crippen molar-refractivity contribution in [2.24, 2.45) is 0 Å². The lowest BCUT2D eigenvalue weighted by Gasteiger charge is -2.33. The molecule has 1 aliphatic heterocycles. The maximum Gasteiger partial charge on any atom is 0.185 e. The number of hydrogen-bond donors (Lipinski definition) is 1. The fourth-order valence-electron chi connectivity index (χ4n) is 2.35. The van der Waals surface area contributed by atoms with Crippen molar-refractivity contribution in [1.29, 1.82) is 0 Å². The predicted octanol–water partition coefficient (Wildman–Crippen LogP) is 2.09. The summed E-state index contributed by atoms with van der Waals surface area (Å²) >= 11 is 1.86. The second-order valence-electron chi connectivity index (χ2n) is 5.10. The van der Waals surface area contributed by atoms with Gasteiger partial charge in [-0.2, -0.15) is 0 Å². The zero-order valence-electron chi connectivity index (χ0n) is 12.4. The summed E-state index contributed by atoms with van der Waals surface area (Å²) in [5.41, 5.74) is 1.20. The molecule has 1 saturated heterocycles. The molecular formula is C14H26N4S. The molecule has 108 valence electrons. The first-order valence-electron chi connectivity index (χ1n) is 7.39. The highest BCUT2D eigenvalue weighted by Crippen LogP contribution is 2.26. The number of hydrogen-bond acceptors (Lipinski definition) is 5. The molecular weight excluding hydrogens is 256 g/mol. The quantitative estimate of drug-likeness (QED) is 0.810. The molecule has 0 spiro atoms. The molecule has 0 atom stereocenters. The molecule has 0 unspecified atom stereocenters. The molecule has 0 aliphatic carbocycles. The average Bonchev–Trinajstić information content (AvgIpc) is 2.81. The molecule has 1 fully saturated rings. The molecule has 5 heteroatoms. The Morgan fingerprint density at radius 2 is 1.95 bits per heavy atom. The van der Waals surface area contributed by atoms with Crippen LogP contribution in [0.3, 0.4) is 0 Å². The first kappa shape index (κ1) is 14.8. The Labute approximate surface area is 120 Å². The van der Waals surface area contributed by atoms with Crippen LogP contribution in [0.2, 0.25) is 0 Å². The van der Waals surface area contributed by atoms with Gasteiger partial charge >= 0.3 is 0 Å². The number of nitrogens with one attached hydrogen (secondary N) is 1. The Morgan fingerprint density at radius 1 is 1.21 bits per heavy atom. The third-order valence-corrected chi connectivity index (χ3v) is 4.90. The van der Waals surface area contributed by atoms with E-state index in [9.17, 15) is 0 Å². The van der Waals surface area contributed by atoms with Crippen LogP contribution in [0.4, 0.5) is 5.13 Å². The van der Waals surface area contributed by atoms with E-state index in [1.54, 1.807) is 0 Å². The van der Waals surface area contributed by atoms with Gasteiger partial charge in [0, 0.05) is 37.6 Å². The summed E-state index contributed by atoms with van der Waals surface area (Å²) in [5.74, 6) is 0. The van der Waals surface area contributed by atoms with Gasteiger partial charge in [-0.3, -0.25) is 0 Å². The second kappa shape index (κ2) is 7.22. The van der Waals surface area contributed by atoms with Crippen molar-refractivity contribution in [3.63, 3.8) is 0 Å². The lowest BCUT2D eigenvalue weighted by Crippen LogP contribution is -2.46. The molecule has 2 heterocycles. The van der Waals surface area contributed by atoms with E-state index in [1.165, 1.54) is 35.2 Å². The summed E-state index contributed by atoms with van der Waals surface area (Å²) in [6.45, 7) is 14.3. The van der Waals surface area contributed by atoms with Gasteiger partial charge in [0.25, 0.3) is 0 Å². The van der Waals surface area contributed by atoms with Gasteiger partial charge in [-0.1, -0.05) is 13.8 Å². The smallest absolute Gasteiger partial charge is 0.185 e. The van der Waals surface area contributed by atoms with Gasteiger partial charge in [0.2, 0.25) is 0 Å². The fraction of sp³-hybridized carbons (Fsp3) is 0.786. The van der Waals surface area contributed by atoms with Crippen LogP contribution in [0, 0.1) is 6.92 Å². The van der Waals surface area contributed by atoms with E-state index < -0.39 is 0 Å². The van der Waals surface area contributed by atoms with E-state index in [2.05, 4.69) is 35.9 Å². The average molecular weight is 282 g/mol. The molecule has 1 aliphatic rings. The molecule has 0 amide bonds. The Bertz CT molecular complexity index is 383. The molecule has 0 bridgehead atoms. The highest BCUT2D eigenvalue weighted by Gasteiger charge is 2.19. The molecule has 0 saturated carbocycles. The Morgan fingerprint density at radius 3 is 2.58 bits per heavy atom. The first-order valence-corrected chi connectivity index (χ1v) is 8.20. The number of aromatic nitrogens is 1. The van der Waals surface area contributed by atoms with Crippen LogP contribution in [0.25, 0.3) is 0 Å². The standard InChI is InChI=1S/C14H26N4S/c1-4-6-15-11-13-12(3)16-14(19-13)18-9-7-17(5-2)8-10-18/h15H,4-11H2,1-3H3. The number of likely N-dealkylation sites (N-methyl/N-ethyl adjacent to an activating group) is 1. The Hall–Kier alpha value is -0.650. The summed E-state index contributed by atoms with van der Waals surface area (Å²) in [6, 6.07) is 0. The molecule has 1 aromatic heterocycles. The number of aryl methyl sites for hydroxylation is 1. The van der Waals surface area contributed by atoms with Crippen molar-refractivity contribution < 1.29 is 0 Å². The predicted molar refractivity (Wildman–Crippen MR) is 83.2 cm³/mol. The first-order chi connectivity index (χ1) is 9.24. The van der Waals surface area contributed by atoms with Gasteiger partial charge < -0.3 is 15.1 Å². The van der Waals surface area contributed by atoms with E-state index in [-0.39, 0.29) is 0 Å². The van der Waals surface area contributed by atoms with Crippen molar-refractivity contribution in [3.05, 3.63) is 10.6 Å². The van der Waals surface area contributed by atoms with Gasteiger partial charge in [-0.25, -0.2) is 4.98 Å². The maximum absolute atomic E-state index is 4.75. The number of piperazine rings is 1. The van der Waals surface area contributed by atoms with E-state index in [1.807, 2.05) is 11.3 Å². The van der Waals surface area contributed by atoms with Crippen molar-refractivity contribution >= 4 is 16.5 Å². The molecule has 0 aromatic carbocycles. The molecule has 19 heavy (non-hydrogen) atoms. The number of rotatable bonds is 6. The van der Waals surface area contributed by atoms with Crippen LogP contribution in [0.1, 0.15) is 30.8 Å². The number of anilines is 1. The molecule has 2 rings (SSSR count). The summed E-state index contributed by atoms with van der Waals surface area (Å²) in [7, 11) is 0. The monoisotopic (exact) mass is 282 g/mol. The number of thiazole rings is 1. The van der Waals surface area contributed by atoms with Crippen LogP contribution in [0.5, 0.6) is 0 Å².